The summed E-state index contributed by atoms with van der Waals surface area (Å²) in [5, 5.41) is 18.1. The maximum Gasteiger partial charge on any atom is 0.306 e. The molecule has 5 saturated carbocycles. The predicted molar refractivity (Wildman–Crippen MR) is 174 cm³/mol. The number of carbonyl (C=O) groups excluding carboxylic acids is 2. The lowest BCUT2D eigenvalue weighted by molar-refractivity contribution is -0.252. The van der Waals surface area contributed by atoms with Crippen LogP contribution in [0.25, 0.3) is 0 Å². The molecule has 0 aromatic carbocycles. The Morgan fingerprint density at radius 2 is 1.37 bits per heavy atom. The van der Waals surface area contributed by atoms with Crippen LogP contribution >= 0.6 is 0 Å². The monoisotopic (exact) mass is 642 g/mol. The molecule has 46 heavy (non-hydrogen) atoms. The number of rotatable bonds is 10. The molecule has 5 aliphatic carbocycles. The fraction of sp³-hybridized carbons (Fsp3) is 0.842. The van der Waals surface area contributed by atoms with Crippen molar-refractivity contribution in [1.29, 1.82) is 0 Å². The van der Waals surface area contributed by atoms with Gasteiger partial charge in [-0.3, -0.25) is 19.2 Å². The number of carboxylic acid groups (broad SMARTS) is 2. The van der Waals surface area contributed by atoms with Crippen LogP contribution in [0, 0.1) is 56.7 Å². The smallest absolute Gasteiger partial charge is 0.306 e. The molecule has 0 aromatic rings. The number of aliphatic carboxylic acids is 2. The van der Waals surface area contributed by atoms with Crippen molar-refractivity contribution < 1.29 is 38.9 Å². The first-order valence-corrected chi connectivity index (χ1v) is 17.9. The van der Waals surface area contributed by atoms with E-state index in [1.807, 2.05) is 0 Å². The molecule has 10 atom stereocenters. The third kappa shape index (κ3) is 5.61. The minimum Gasteiger partial charge on any atom is -0.481 e. The number of carbonyl (C=O) groups is 4. The van der Waals surface area contributed by atoms with Crippen molar-refractivity contribution >= 4 is 23.9 Å². The van der Waals surface area contributed by atoms with Crippen molar-refractivity contribution in [2.75, 3.05) is 6.61 Å². The molecule has 2 N–H and O–H groups in total. The third-order valence-electron chi connectivity index (χ3n) is 15.1. The Morgan fingerprint density at radius 1 is 0.717 bits per heavy atom. The van der Waals surface area contributed by atoms with Crippen molar-refractivity contribution in [2.45, 2.75) is 138 Å². The van der Waals surface area contributed by atoms with Crippen LogP contribution in [0.3, 0.4) is 0 Å². The highest BCUT2D eigenvalue weighted by atomic mass is 16.5. The summed E-state index contributed by atoms with van der Waals surface area (Å²) in [6.07, 6.45) is 9.79. The summed E-state index contributed by atoms with van der Waals surface area (Å²) in [4.78, 5) is 47.3. The molecule has 5 fully saturated rings. The number of carboxylic acids is 2. The van der Waals surface area contributed by atoms with Crippen LogP contribution in [0.4, 0.5) is 0 Å². The van der Waals surface area contributed by atoms with E-state index in [1.54, 1.807) is 0 Å². The Kier molecular flexibility index (Phi) is 9.31. The maximum atomic E-state index is 12.6. The van der Waals surface area contributed by atoms with Gasteiger partial charge >= 0.3 is 23.9 Å². The van der Waals surface area contributed by atoms with Crippen LogP contribution in [-0.2, 0) is 28.7 Å². The number of hydrogen-bond acceptors (Lipinski definition) is 6. The minimum atomic E-state index is -0.980. The molecule has 8 heteroatoms. The maximum absolute atomic E-state index is 12.6. The number of hydrogen-bond donors (Lipinski definition) is 2. The summed E-state index contributed by atoms with van der Waals surface area (Å²) >= 11 is 0. The van der Waals surface area contributed by atoms with Gasteiger partial charge in [0.2, 0.25) is 0 Å². The number of esters is 2. The highest BCUT2D eigenvalue weighted by Gasteiger charge is 2.71. The Bertz CT molecular complexity index is 1250. The fourth-order valence-electron chi connectivity index (χ4n) is 12.7. The normalized spacial score (nSPS) is 42.4. The lowest BCUT2D eigenvalue weighted by atomic mass is 9.32. The van der Waals surface area contributed by atoms with Crippen LogP contribution in [0.5, 0.6) is 0 Å². The van der Waals surface area contributed by atoms with Gasteiger partial charge in [-0.05, 0) is 117 Å². The van der Waals surface area contributed by atoms with Crippen LogP contribution in [0.15, 0.2) is 12.2 Å². The van der Waals surface area contributed by atoms with Gasteiger partial charge in [0.1, 0.15) is 6.10 Å². The molecule has 8 nitrogen and oxygen atoms in total. The summed E-state index contributed by atoms with van der Waals surface area (Å²) in [5.41, 5.74) is 1.35. The molecule has 5 aliphatic rings. The molecule has 0 spiro atoms. The first-order chi connectivity index (χ1) is 21.4. The Morgan fingerprint density at radius 3 is 2.00 bits per heavy atom. The summed E-state index contributed by atoms with van der Waals surface area (Å²) in [6, 6.07) is 0. The van der Waals surface area contributed by atoms with Crippen molar-refractivity contribution in [3.8, 4) is 0 Å². The molecule has 0 saturated heterocycles. The zero-order valence-corrected chi connectivity index (χ0v) is 29.1. The molecule has 0 radical (unpaired) electrons. The summed E-state index contributed by atoms with van der Waals surface area (Å²) in [5.74, 6) is -0.505. The average molecular weight is 643 g/mol. The Labute approximate surface area is 275 Å². The van der Waals surface area contributed by atoms with E-state index >= 15 is 0 Å². The third-order valence-corrected chi connectivity index (χ3v) is 15.1. The topological polar surface area (TPSA) is 127 Å². The Hall–Kier alpha value is -2.38. The van der Waals surface area contributed by atoms with Gasteiger partial charge in [0.05, 0.1) is 32.3 Å². The second-order valence-electron chi connectivity index (χ2n) is 17.3. The SMILES string of the molecule is C=C(C)[C@H]1CC[C@@]2(COC(=O)CCC(=O)O)CC[C@]3(C)[C@H](CC[C@H]4[C@@]5(C)CC[C@H](OC(=O)CCC(=O)O)C(C)(C)[C@H]5CC[C@@]43C)[C@@H]12. The van der Waals surface area contributed by atoms with Gasteiger partial charge in [-0.25, -0.2) is 0 Å². The molecular weight excluding hydrogens is 584 g/mol. The van der Waals surface area contributed by atoms with Crippen molar-refractivity contribution in [3.63, 3.8) is 0 Å². The zero-order valence-electron chi connectivity index (χ0n) is 29.1. The van der Waals surface area contributed by atoms with Gasteiger partial charge in [0.25, 0.3) is 0 Å². The fourth-order valence-corrected chi connectivity index (χ4v) is 12.7. The lowest BCUT2D eigenvalue weighted by Crippen LogP contribution is -2.67. The molecule has 0 aliphatic heterocycles. The van der Waals surface area contributed by atoms with Gasteiger partial charge in [-0.1, -0.05) is 46.8 Å². The van der Waals surface area contributed by atoms with Gasteiger partial charge in [-0.15, -0.1) is 0 Å². The van der Waals surface area contributed by atoms with Gasteiger partial charge < -0.3 is 19.7 Å². The standard InChI is InChI=1S/C38H58O8/c1-23(2)24-14-19-38(22-45-31(43)12-10-29(39)40)21-20-36(6)25(33(24)38)8-9-27-35(5)17-16-28(46-32(44)13-11-30(41)42)34(3,4)26(35)15-18-37(27,36)7/h24-28,33H,1,8-22H2,2-7H3,(H,39,40)(H,41,42)/t24-,25-,26-,27+,28+,33-,35+,36-,37+,38+/m1/s1. The molecule has 0 aromatic heterocycles. The van der Waals surface area contributed by atoms with E-state index in [-0.39, 0.29) is 58.9 Å². The summed E-state index contributed by atoms with van der Waals surface area (Å²) in [6.45, 7) is 19.2. The quantitative estimate of drug-likeness (QED) is 0.182. The average Bonchev–Trinajstić information content (AvgIpc) is 3.36. The molecule has 258 valence electrons. The molecule has 0 unspecified atom stereocenters. The molecule has 0 amide bonds. The van der Waals surface area contributed by atoms with Crippen molar-refractivity contribution in [1.82, 2.24) is 0 Å². The van der Waals surface area contributed by atoms with E-state index in [9.17, 15) is 19.2 Å². The second kappa shape index (κ2) is 12.3. The largest absolute Gasteiger partial charge is 0.481 e. The number of ether oxygens (including phenoxy) is 2. The first-order valence-electron chi connectivity index (χ1n) is 17.9. The highest BCUT2D eigenvalue weighted by Crippen LogP contribution is 2.77. The summed E-state index contributed by atoms with van der Waals surface area (Å²) < 4.78 is 11.9. The molecule has 5 rings (SSSR count). The van der Waals surface area contributed by atoms with E-state index in [1.165, 1.54) is 5.57 Å². The minimum absolute atomic E-state index is 0.0818. The van der Waals surface area contributed by atoms with E-state index in [0.29, 0.717) is 36.2 Å². The first kappa shape index (κ1) is 34.9. The van der Waals surface area contributed by atoms with E-state index in [0.717, 1.165) is 64.2 Å². The lowest BCUT2D eigenvalue weighted by Gasteiger charge is -2.73. The van der Waals surface area contributed by atoms with Crippen molar-refractivity contribution in [3.05, 3.63) is 12.2 Å². The number of fused-ring (bicyclic) bond motifs is 7. The van der Waals surface area contributed by atoms with Crippen LogP contribution < -0.4 is 0 Å². The zero-order chi connectivity index (χ0) is 33.9. The second-order valence-corrected chi connectivity index (χ2v) is 17.3. The van der Waals surface area contributed by atoms with Crippen LogP contribution in [0.1, 0.15) is 131 Å². The summed E-state index contributed by atoms with van der Waals surface area (Å²) in [7, 11) is 0. The van der Waals surface area contributed by atoms with Gasteiger partial charge in [0.15, 0.2) is 0 Å². The molecule has 0 bridgehead atoms. The van der Waals surface area contributed by atoms with E-state index in [2.05, 4.69) is 48.1 Å². The van der Waals surface area contributed by atoms with Gasteiger partial charge in [0, 0.05) is 10.8 Å². The van der Waals surface area contributed by atoms with E-state index in [4.69, 9.17) is 19.7 Å². The van der Waals surface area contributed by atoms with Crippen molar-refractivity contribution in [2.24, 2.45) is 56.7 Å². The molecule has 0 heterocycles. The molecular formula is C38H58O8. The van der Waals surface area contributed by atoms with E-state index < -0.39 is 23.9 Å². The van der Waals surface area contributed by atoms with Crippen LogP contribution in [-0.4, -0.2) is 46.8 Å². The number of allylic oxidation sites excluding steroid dienone is 1. The predicted octanol–water partition coefficient (Wildman–Crippen LogP) is 7.83. The highest BCUT2D eigenvalue weighted by molar-refractivity contribution is 5.77. The van der Waals surface area contributed by atoms with Crippen LogP contribution in [0.2, 0.25) is 0 Å². The Balaban J connectivity index is 1.38. The van der Waals surface area contributed by atoms with Gasteiger partial charge in [-0.2, -0.15) is 0 Å².